The van der Waals surface area contributed by atoms with Gasteiger partial charge >= 0.3 is 0 Å². The van der Waals surface area contributed by atoms with Gasteiger partial charge in [-0.3, -0.25) is 15.0 Å². The fraction of sp³-hybridized carbons (Fsp3) is 0.167. The van der Waals surface area contributed by atoms with Crippen molar-refractivity contribution in [3.63, 3.8) is 0 Å². The number of nitrogens with one attached hydrogen (secondary N) is 1. The van der Waals surface area contributed by atoms with Crippen molar-refractivity contribution in [2.24, 2.45) is 0 Å². The lowest BCUT2D eigenvalue weighted by Crippen LogP contribution is -2.37. The molecule has 0 bridgehead atoms. The Labute approximate surface area is 146 Å². The van der Waals surface area contributed by atoms with Crippen LogP contribution in [0.15, 0.2) is 41.2 Å². The highest BCUT2D eigenvalue weighted by Crippen LogP contribution is 2.11. The Morgan fingerprint density at radius 3 is 2.42 bits per heavy atom. The van der Waals surface area contributed by atoms with Crippen molar-refractivity contribution in [3.8, 4) is 0 Å². The maximum absolute atomic E-state index is 13.3. The molecule has 26 heavy (non-hydrogen) atoms. The van der Waals surface area contributed by atoms with Crippen LogP contribution in [0.3, 0.4) is 0 Å². The summed E-state index contributed by atoms with van der Waals surface area (Å²) in [4.78, 5) is 29.0. The molecule has 0 spiro atoms. The zero-order chi connectivity index (χ0) is 18.8. The number of benzene rings is 2. The summed E-state index contributed by atoms with van der Waals surface area (Å²) in [6.45, 7) is 1.72. The lowest BCUT2D eigenvalue weighted by molar-refractivity contribution is -0.116. The van der Waals surface area contributed by atoms with Gasteiger partial charge in [0, 0.05) is 18.6 Å². The van der Waals surface area contributed by atoms with E-state index in [-0.39, 0.29) is 28.7 Å². The molecule has 0 fully saturated rings. The smallest absolute Gasteiger partial charge is 0.273 e. The van der Waals surface area contributed by atoms with Crippen LogP contribution in [0.2, 0.25) is 0 Å². The SMILES string of the molecule is CCc1nc2cc(F)ccc2c(=O)n1NC(=O)Cc1cc(F)cc(F)c1. The second kappa shape index (κ2) is 6.99. The molecule has 1 heterocycles. The van der Waals surface area contributed by atoms with Gasteiger partial charge in [-0.25, -0.2) is 22.8 Å². The summed E-state index contributed by atoms with van der Waals surface area (Å²) in [5.74, 6) is -2.54. The molecule has 1 aromatic heterocycles. The number of hydrogen-bond acceptors (Lipinski definition) is 3. The highest BCUT2D eigenvalue weighted by atomic mass is 19.1. The van der Waals surface area contributed by atoms with E-state index in [1.54, 1.807) is 6.92 Å². The van der Waals surface area contributed by atoms with Crippen LogP contribution in [-0.4, -0.2) is 15.6 Å². The predicted molar refractivity (Wildman–Crippen MR) is 89.8 cm³/mol. The van der Waals surface area contributed by atoms with E-state index in [9.17, 15) is 22.8 Å². The van der Waals surface area contributed by atoms with Crippen LogP contribution in [0, 0.1) is 17.5 Å². The Morgan fingerprint density at radius 2 is 1.77 bits per heavy atom. The first-order valence-electron chi connectivity index (χ1n) is 7.83. The number of carbonyl (C=O) groups excluding carboxylic acids is 1. The number of fused-ring (bicyclic) bond motifs is 1. The fourth-order valence-electron chi connectivity index (χ4n) is 2.62. The van der Waals surface area contributed by atoms with E-state index in [0.717, 1.165) is 28.9 Å². The Kier molecular flexibility index (Phi) is 4.75. The summed E-state index contributed by atoms with van der Waals surface area (Å²) < 4.78 is 40.8. The molecule has 0 atom stereocenters. The van der Waals surface area contributed by atoms with Gasteiger partial charge in [-0.15, -0.1) is 0 Å². The molecule has 134 valence electrons. The first kappa shape index (κ1) is 17.7. The highest BCUT2D eigenvalue weighted by molar-refractivity contribution is 5.86. The molecule has 3 rings (SSSR count). The minimum Gasteiger partial charge on any atom is -0.273 e. The Hall–Kier alpha value is -3.16. The Morgan fingerprint density at radius 1 is 1.08 bits per heavy atom. The third kappa shape index (κ3) is 3.58. The van der Waals surface area contributed by atoms with E-state index in [2.05, 4.69) is 10.4 Å². The normalized spacial score (nSPS) is 10.9. The van der Waals surface area contributed by atoms with E-state index < -0.39 is 28.9 Å². The first-order valence-corrected chi connectivity index (χ1v) is 7.83. The van der Waals surface area contributed by atoms with Gasteiger partial charge in [0.2, 0.25) is 5.91 Å². The lowest BCUT2D eigenvalue weighted by atomic mass is 10.1. The van der Waals surface area contributed by atoms with Crippen molar-refractivity contribution in [3.05, 3.63) is 75.6 Å². The largest absolute Gasteiger partial charge is 0.280 e. The van der Waals surface area contributed by atoms with E-state index in [1.807, 2.05) is 0 Å². The zero-order valence-corrected chi connectivity index (χ0v) is 13.7. The van der Waals surface area contributed by atoms with Crippen molar-refractivity contribution < 1.29 is 18.0 Å². The van der Waals surface area contributed by atoms with Crippen molar-refractivity contribution in [1.82, 2.24) is 9.66 Å². The Bertz CT molecular complexity index is 1040. The third-order valence-corrected chi connectivity index (χ3v) is 3.74. The van der Waals surface area contributed by atoms with Crippen molar-refractivity contribution in [2.75, 3.05) is 5.43 Å². The summed E-state index contributed by atoms with van der Waals surface area (Å²) in [7, 11) is 0. The summed E-state index contributed by atoms with van der Waals surface area (Å²) in [6.07, 6.45) is -0.0255. The molecule has 8 heteroatoms. The number of hydrogen-bond donors (Lipinski definition) is 1. The molecule has 0 unspecified atom stereocenters. The molecule has 2 aromatic carbocycles. The van der Waals surface area contributed by atoms with Crippen LogP contribution >= 0.6 is 0 Å². The molecule has 1 N–H and O–H groups in total. The molecule has 0 aliphatic rings. The summed E-state index contributed by atoms with van der Waals surface area (Å²) in [5.41, 5.74) is 2.14. The Balaban J connectivity index is 1.94. The van der Waals surface area contributed by atoms with Crippen molar-refractivity contribution in [1.29, 1.82) is 0 Å². The number of halogens is 3. The molecule has 0 aliphatic carbocycles. The van der Waals surface area contributed by atoms with Crippen LogP contribution in [0.1, 0.15) is 18.3 Å². The van der Waals surface area contributed by atoms with Gasteiger partial charge < -0.3 is 0 Å². The summed E-state index contributed by atoms with van der Waals surface area (Å²) >= 11 is 0. The van der Waals surface area contributed by atoms with Crippen LogP contribution in [0.25, 0.3) is 10.9 Å². The van der Waals surface area contributed by atoms with Gasteiger partial charge in [-0.1, -0.05) is 6.92 Å². The highest BCUT2D eigenvalue weighted by Gasteiger charge is 2.14. The molecule has 0 radical (unpaired) electrons. The second-order valence-corrected chi connectivity index (χ2v) is 5.67. The van der Waals surface area contributed by atoms with E-state index in [1.165, 1.54) is 6.07 Å². The van der Waals surface area contributed by atoms with Gasteiger partial charge in [0.15, 0.2) is 0 Å². The topological polar surface area (TPSA) is 64.0 Å². The van der Waals surface area contributed by atoms with E-state index >= 15 is 0 Å². The average molecular weight is 361 g/mol. The summed E-state index contributed by atoms with van der Waals surface area (Å²) in [5, 5.41) is 0.140. The summed E-state index contributed by atoms with van der Waals surface area (Å²) in [6, 6.07) is 6.31. The average Bonchev–Trinajstić information content (AvgIpc) is 2.56. The maximum atomic E-state index is 13.3. The molecular weight excluding hydrogens is 347 g/mol. The molecule has 1 amide bonds. The predicted octanol–water partition coefficient (Wildman–Crippen LogP) is 2.69. The van der Waals surface area contributed by atoms with E-state index in [4.69, 9.17) is 0 Å². The fourth-order valence-corrected chi connectivity index (χ4v) is 2.62. The minimum absolute atomic E-state index is 0.127. The second-order valence-electron chi connectivity index (χ2n) is 5.67. The number of carbonyl (C=O) groups is 1. The van der Waals surface area contributed by atoms with E-state index in [0.29, 0.717) is 12.5 Å². The van der Waals surface area contributed by atoms with Crippen LogP contribution in [0.5, 0.6) is 0 Å². The molecule has 0 saturated carbocycles. The van der Waals surface area contributed by atoms with Crippen LogP contribution in [0.4, 0.5) is 13.2 Å². The monoisotopic (exact) mass is 361 g/mol. The molecule has 5 nitrogen and oxygen atoms in total. The van der Waals surface area contributed by atoms with Crippen molar-refractivity contribution >= 4 is 16.8 Å². The zero-order valence-electron chi connectivity index (χ0n) is 13.7. The standard InChI is InChI=1S/C18H14F3N3O2/c1-2-16-22-15-9-11(19)3-4-14(15)18(26)24(16)23-17(25)7-10-5-12(20)8-13(21)6-10/h3-6,8-9H,2,7H2,1H3,(H,23,25). The quantitative estimate of drug-likeness (QED) is 0.777. The third-order valence-electron chi connectivity index (χ3n) is 3.74. The number of amides is 1. The van der Waals surface area contributed by atoms with Gasteiger partial charge in [0.05, 0.1) is 17.3 Å². The van der Waals surface area contributed by atoms with Gasteiger partial charge in [0.25, 0.3) is 5.56 Å². The number of nitrogens with zero attached hydrogens (tertiary/aromatic N) is 2. The number of aromatic nitrogens is 2. The van der Waals surface area contributed by atoms with Gasteiger partial charge in [-0.2, -0.15) is 0 Å². The van der Waals surface area contributed by atoms with Crippen LogP contribution < -0.4 is 11.0 Å². The molecule has 3 aromatic rings. The molecule has 0 saturated heterocycles. The number of rotatable bonds is 4. The molecule has 0 aliphatic heterocycles. The van der Waals surface area contributed by atoms with Crippen LogP contribution in [-0.2, 0) is 17.6 Å². The maximum Gasteiger partial charge on any atom is 0.280 e. The van der Waals surface area contributed by atoms with Crippen molar-refractivity contribution in [2.45, 2.75) is 19.8 Å². The first-order chi connectivity index (χ1) is 12.4. The number of aryl methyl sites for hydroxylation is 1. The van der Waals surface area contributed by atoms with Gasteiger partial charge in [0.1, 0.15) is 23.3 Å². The van der Waals surface area contributed by atoms with Gasteiger partial charge in [-0.05, 0) is 29.8 Å². The lowest BCUT2D eigenvalue weighted by Gasteiger charge is -2.13. The minimum atomic E-state index is -0.798. The molecular formula is C18H14F3N3O2.